The molecule has 4 heteroatoms. The highest BCUT2D eigenvalue weighted by Gasteiger charge is 2.61. The van der Waals surface area contributed by atoms with Crippen LogP contribution >= 0.6 is 0 Å². The second-order valence-electron chi connectivity index (χ2n) is 6.27. The van der Waals surface area contributed by atoms with Crippen molar-refractivity contribution < 1.29 is 19.4 Å². The zero-order valence-corrected chi connectivity index (χ0v) is 12.6. The molecule has 1 aliphatic carbocycles. The number of carbonyl (C=O) groups excluding carboxylic acids is 1. The molecule has 0 radical (unpaired) electrons. The highest BCUT2D eigenvalue weighted by molar-refractivity contribution is 5.75. The fourth-order valence-corrected chi connectivity index (χ4v) is 3.62. The molecule has 0 aromatic heterocycles. The molecule has 114 valence electrons. The Hall–Kier alpha value is -0.870. The molecule has 2 rings (SSSR count). The zero-order valence-electron chi connectivity index (χ0n) is 12.6. The number of aliphatic hydroxyl groups is 1. The van der Waals surface area contributed by atoms with Gasteiger partial charge in [-0.2, -0.15) is 0 Å². The van der Waals surface area contributed by atoms with E-state index in [0.717, 1.165) is 25.7 Å². The van der Waals surface area contributed by atoms with Gasteiger partial charge in [-0.25, -0.2) is 0 Å². The van der Waals surface area contributed by atoms with Gasteiger partial charge in [-0.3, -0.25) is 4.79 Å². The van der Waals surface area contributed by atoms with E-state index in [1.54, 1.807) is 13.0 Å². The van der Waals surface area contributed by atoms with Crippen molar-refractivity contribution in [3.8, 4) is 0 Å². The van der Waals surface area contributed by atoms with Gasteiger partial charge in [-0.15, -0.1) is 6.58 Å². The zero-order chi connectivity index (χ0) is 14.8. The third-order valence-corrected chi connectivity index (χ3v) is 4.87. The molecule has 2 unspecified atom stereocenters. The molecule has 2 fully saturated rings. The van der Waals surface area contributed by atoms with E-state index < -0.39 is 17.1 Å². The van der Waals surface area contributed by atoms with Crippen LogP contribution < -0.4 is 0 Å². The first-order chi connectivity index (χ1) is 9.48. The van der Waals surface area contributed by atoms with E-state index in [1.165, 1.54) is 6.42 Å². The van der Waals surface area contributed by atoms with Gasteiger partial charge in [0.15, 0.2) is 5.79 Å². The van der Waals surface area contributed by atoms with E-state index in [-0.39, 0.29) is 11.9 Å². The molecule has 0 aromatic rings. The first-order valence-electron chi connectivity index (χ1n) is 7.64. The molecule has 0 spiro atoms. The summed E-state index contributed by atoms with van der Waals surface area (Å²) in [5.74, 6) is -2.46. The number of ether oxygens (including phenoxy) is 2. The minimum absolute atomic E-state index is 0.00688. The number of carbonyl (C=O) groups is 1. The first kappa shape index (κ1) is 15.5. The Balaban J connectivity index is 2.30. The molecular weight excluding hydrogens is 256 g/mol. The van der Waals surface area contributed by atoms with Crippen LogP contribution in [0, 0.1) is 17.3 Å². The monoisotopic (exact) mass is 282 g/mol. The average Bonchev–Trinajstić information content (AvgIpc) is 2.74. The van der Waals surface area contributed by atoms with E-state index in [4.69, 9.17) is 9.47 Å². The van der Waals surface area contributed by atoms with Crippen LogP contribution in [0.2, 0.25) is 0 Å². The number of rotatable bonds is 4. The van der Waals surface area contributed by atoms with Crippen LogP contribution in [0.15, 0.2) is 12.7 Å². The fourth-order valence-electron chi connectivity index (χ4n) is 3.62. The van der Waals surface area contributed by atoms with Crippen LogP contribution in [-0.2, 0) is 14.3 Å². The summed E-state index contributed by atoms with van der Waals surface area (Å²) < 4.78 is 10.9. The predicted octanol–water partition coefficient (Wildman–Crippen LogP) is 2.66. The average molecular weight is 282 g/mol. The van der Waals surface area contributed by atoms with Crippen molar-refractivity contribution in [3.63, 3.8) is 0 Å². The van der Waals surface area contributed by atoms with Gasteiger partial charge >= 0.3 is 5.97 Å². The van der Waals surface area contributed by atoms with Crippen molar-refractivity contribution in [1.29, 1.82) is 0 Å². The lowest BCUT2D eigenvalue weighted by Gasteiger charge is -2.39. The van der Waals surface area contributed by atoms with Gasteiger partial charge < -0.3 is 14.6 Å². The van der Waals surface area contributed by atoms with Gasteiger partial charge in [0.25, 0.3) is 0 Å². The van der Waals surface area contributed by atoms with Crippen LogP contribution in [0.25, 0.3) is 0 Å². The molecular formula is C16H26O4. The third-order valence-electron chi connectivity index (χ3n) is 4.87. The third kappa shape index (κ3) is 2.51. The second-order valence-corrected chi connectivity index (χ2v) is 6.27. The van der Waals surface area contributed by atoms with Crippen LogP contribution in [0.4, 0.5) is 0 Å². The maximum absolute atomic E-state index is 12.4. The van der Waals surface area contributed by atoms with Gasteiger partial charge in [0.2, 0.25) is 0 Å². The number of esters is 1. The highest BCUT2D eigenvalue weighted by Crippen LogP contribution is 2.51. The largest absolute Gasteiger partial charge is 0.466 e. The van der Waals surface area contributed by atoms with Gasteiger partial charge in [-0.1, -0.05) is 32.3 Å². The van der Waals surface area contributed by atoms with E-state index in [9.17, 15) is 9.90 Å². The van der Waals surface area contributed by atoms with E-state index in [2.05, 4.69) is 6.58 Å². The molecule has 1 saturated carbocycles. The minimum Gasteiger partial charge on any atom is -0.466 e. The Bertz CT molecular complexity index is 375. The van der Waals surface area contributed by atoms with Crippen LogP contribution in [0.1, 0.15) is 46.0 Å². The maximum Gasteiger partial charge on any atom is 0.315 e. The van der Waals surface area contributed by atoms with Crippen LogP contribution in [0.5, 0.6) is 0 Å². The Kier molecular flexibility index (Phi) is 4.55. The molecule has 20 heavy (non-hydrogen) atoms. The quantitative estimate of drug-likeness (QED) is 0.636. The number of hydrogen-bond donors (Lipinski definition) is 1. The van der Waals surface area contributed by atoms with Gasteiger partial charge in [0.1, 0.15) is 5.92 Å². The maximum atomic E-state index is 12.4. The standard InChI is InChI=1S/C16H26O4/c1-4-15(3)11-20-16(18,12-9-7-6-8-10-12)13(15)14(17)19-5-2/h4,12-13,18H,1,5-11H2,2-3H3/t13?,15-,16?/m1/s1. The van der Waals surface area contributed by atoms with E-state index >= 15 is 0 Å². The molecule has 1 N–H and O–H groups in total. The molecule has 1 heterocycles. The summed E-state index contributed by atoms with van der Waals surface area (Å²) in [5, 5.41) is 11.1. The molecule has 0 bridgehead atoms. The molecule has 3 atom stereocenters. The Morgan fingerprint density at radius 1 is 1.45 bits per heavy atom. The summed E-state index contributed by atoms with van der Waals surface area (Å²) in [6.45, 7) is 8.12. The lowest BCUT2D eigenvalue weighted by molar-refractivity contribution is -0.240. The SMILES string of the molecule is C=C[C@]1(C)COC(O)(C2CCCCC2)C1C(=O)OCC. The second kappa shape index (κ2) is 5.86. The van der Waals surface area contributed by atoms with Gasteiger partial charge in [-0.05, 0) is 19.8 Å². The summed E-state index contributed by atoms with van der Waals surface area (Å²) in [6.07, 6.45) is 6.87. The number of hydrogen-bond acceptors (Lipinski definition) is 4. The molecule has 2 aliphatic rings. The van der Waals surface area contributed by atoms with Crippen molar-refractivity contribution in [3.05, 3.63) is 12.7 Å². The van der Waals surface area contributed by atoms with Crippen LogP contribution in [-0.4, -0.2) is 30.1 Å². The lowest BCUT2D eigenvalue weighted by Crippen LogP contribution is -2.50. The summed E-state index contributed by atoms with van der Waals surface area (Å²) in [4.78, 5) is 12.4. The van der Waals surface area contributed by atoms with Crippen molar-refractivity contribution in [1.82, 2.24) is 0 Å². The van der Waals surface area contributed by atoms with Gasteiger partial charge in [0, 0.05) is 11.3 Å². The summed E-state index contributed by atoms with van der Waals surface area (Å²) >= 11 is 0. The highest BCUT2D eigenvalue weighted by atomic mass is 16.6. The summed E-state index contributed by atoms with van der Waals surface area (Å²) in [5.41, 5.74) is -0.571. The Morgan fingerprint density at radius 2 is 2.10 bits per heavy atom. The Labute approximate surface area is 121 Å². The van der Waals surface area contributed by atoms with Crippen LogP contribution in [0.3, 0.4) is 0 Å². The topological polar surface area (TPSA) is 55.8 Å². The van der Waals surface area contributed by atoms with E-state index in [0.29, 0.717) is 13.2 Å². The first-order valence-corrected chi connectivity index (χ1v) is 7.64. The molecule has 0 amide bonds. The summed E-state index contributed by atoms with van der Waals surface area (Å²) in [7, 11) is 0. The molecule has 4 nitrogen and oxygen atoms in total. The van der Waals surface area contributed by atoms with Crippen molar-refractivity contribution in [2.24, 2.45) is 17.3 Å². The minimum atomic E-state index is -1.41. The van der Waals surface area contributed by atoms with Gasteiger partial charge in [0.05, 0.1) is 13.2 Å². The fraction of sp³-hybridized carbons (Fsp3) is 0.812. The normalized spacial score (nSPS) is 38.6. The smallest absolute Gasteiger partial charge is 0.315 e. The molecule has 1 aliphatic heterocycles. The molecule has 0 aromatic carbocycles. The van der Waals surface area contributed by atoms with Crippen molar-refractivity contribution >= 4 is 5.97 Å². The Morgan fingerprint density at radius 3 is 2.65 bits per heavy atom. The summed E-state index contributed by atoms with van der Waals surface area (Å²) in [6, 6.07) is 0. The van der Waals surface area contributed by atoms with Crippen molar-refractivity contribution in [2.45, 2.75) is 51.7 Å². The molecule has 1 saturated heterocycles. The lowest BCUT2D eigenvalue weighted by atomic mass is 9.69. The predicted molar refractivity (Wildman–Crippen MR) is 75.9 cm³/mol. The van der Waals surface area contributed by atoms with Crippen molar-refractivity contribution in [2.75, 3.05) is 13.2 Å². The van der Waals surface area contributed by atoms with E-state index in [1.807, 2.05) is 6.92 Å².